The van der Waals surface area contributed by atoms with E-state index in [1.807, 2.05) is 33.0 Å². The molecule has 1 aliphatic rings. The Kier molecular flexibility index (Phi) is 6.36. The third-order valence-electron chi connectivity index (χ3n) is 5.97. The first-order valence-corrected chi connectivity index (χ1v) is 12.4. The molecule has 2 heterocycles. The van der Waals surface area contributed by atoms with Crippen LogP contribution < -0.4 is 13.9 Å². The standard InChI is InChI=1S/C24H30N4O4S/c1-16(2)28(22-7-5-19(32-4)11-17(22)3)33(30,31)20-6-8-23-21(12-20)24(29)9-10-27(23)15-18-13-25-26-14-18/h5-8,11-14,16,24,29H,9-10,15H2,1-4H3,(H,25,26). The van der Waals surface area contributed by atoms with Crippen LogP contribution >= 0.6 is 0 Å². The molecule has 1 aromatic heterocycles. The number of nitrogens with one attached hydrogen (secondary N) is 1. The van der Waals surface area contributed by atoms with Gasteiger partial charge >= 0.3 is 0 Å². The lowest BCUT2D eigenvalue weighted by Gasteiger charge is -2.35. The molecule has 0 saturated carbocycles. The molecule has 0 radical (unpaired) electrons. The maximum Gasteiger partial charge on any atom is 0.264 e. The fraction of sp³-hybridized carbons (Fsp3) is 0.375. The van der Waals surface area contributed by atoms with Gasteiger partial charge in [0, 0.05) is 42.1 Å². The fourth-order valence-corrected chi connectivity index (χ4v) is 6.11. The summed E-state index contributed by atoms with van der Waals surface area (Å²) < 4.78 is 34.3. The Bertz CT molecular complexity index is 1230. The van der Waals surface area contributed by atoms with Crippen molar-refractivity contribution in [1.29, 1.82) is 0 Å². The van der Waals surface area contributed by atoms with Crippen molar-refractivity contribution in [2.75, 3.05) is 22.9 Å². The zero-order valence-electron chi connectivity index (χ0n) is 19.3. The van der Waals surface area contributed by atoms with E-state index in [2.05, 4.69) is 15.1 Å². The number of aromatic amines is 1. The number of aromatic nitrogens is 2. The summed E-state index contributed by atoms with van der Waals surface area (Å²) in [7, 11) is -2.29. The normalized spacial score (nSPS) is 16.1. The average molecular weight is 471 g/mol. The molecule has 0 aliphatic carbocycles. The third-order valence-corrected chi connectivity index (χ3v) is 7.95. The third kappa shape index (κ3) is 4.43. The van der Waals surface area contributed by atoms with Gasteiger partial charge in [0.2, 0.25) is 0 Å². The molecule has 33 heavy (non-hydrogen) atoms. The quantitative estimate of drug-likeness (QED) is 0.545. The van der Waals surface area contributed by atoms with Crippen molar-refractivity contribution in [3.63, 3.8) is 0 Å². The molecule has 3 aromatic rings. The molecule has 9 heteroatoms. The number of aliphatic hydroxyl groups excluding tert-OH is 1. The van der Waals surface area contributed by atoms with Crippen molar-refractivity contribution in [3.05, 3.63) is 65.5 Å². The number of ether oxygens (including phenoxy) is 1. The van der Waals surface area contributed by atoms with E-state index in [0.717, 1.165) is 16.8 Å². The van der Waals surface area contributed by atoms with E-state index in [4.69, 9.17) is 4.74 Å². The molecule has 0 saturated heterocycles. The Morgan fingerprint density at radius 3 is 2.70 bits per heavy atom. The maximum atomic E-state index is 13.8. The number of fused-ring (bicyclic) bond motifs is 1. The number of H-pyrrole nitrogens is 1. The van der Waals surface area contributed by atoms with Gasteiger partial charge in [-0.25, -0.2) is 8.42 Å². The van der Waals surface area contributed by atoms with Gasteiger partial charge in [-0.15, -0.1) is 0 Å². The molecule has 2 aromatic carbocycles. The average Bonchev–Trinajstić information content (AvgIpc) is 3.29. The van der Waals surface area contributed by atoms with Crippen LogP contribution in [0.3, 0.4) is 0 Å². The summed E-state index contributed by atoms with van der Waals surface area (Å²) >= 11 is 0. The first-order valence-electron chi connectivity index (χ1n) is 11.0. The van der Waals surface area contributed by atoms with E-state index < -0.39 is 16.1 Å². The molecule has 0 spiro atoms. The Hall–Kier alpha value is -3.04. The zero-order valence-corrected chi connectivity index (χ0v) is 20.1. The minimum Gasteiger partial charge on any atom is -0.497 e. The number of aryl methyl sites for hydroxylation is 1. The number of methoxy groups -OCH3 is 1. The number of nitrogens with zero attached hydrogens (tertiary/aromatic N) is 3. The predicted molar refractivity (Wildman–Crippen MR) is 128 cm³/mol. The second-order valence-electron chi connectivity index (χ2n) is 8.60. The van der Waals surface area contributed by atoms with Crippen molar-refractivity contribution in [3.8, 4) is 5.75 Å². The second-order valence-corrected chi connectivity index (χ2v) is 10.4. The first-order chi connectivity index (χ1) is 15.7. The molecule has 176 valence electrons. The Morgan fingerprint density at radius 1 is 1.27 bits per heavy atom. The summed E-state index contributed by atoms with van der Waals surface area (Å²) in [6, 6.07) is 10.1. The number of aliphatic hydroxyl groups is 1. The number of sulfonamides is 1. The van der Waals surface area contributed by atoms with Gasteiger partial charge < -0.3 is 14.7 Å². The maximum absolute atomic E-state index is 13.8. The Morgan fingerprint density at radius 2 is 2.06 bits per heavy atom. The van der Waals surface area contributed by atoms with Gasteiger partial charge in [0.05, 0.1) is 30.0 Å². The minimum atomic E-state index is -3.87. The molecular weight excluding hydrogens is 440 g/mol. The summed E-state index contributed by atoms with van der Waals surface area (Å²) in [5.41, 5.74) is 3.89. The van der Waals surface area contributed by atoms with Crippen LogP contribution in [0.1, 0.15) is 43.1 Å². The minimum absolute atomic E-state index is 0.161. The summed E-state index contributed by atoms with van der Waals surface area (Å²) in [4.78, 5) is 2.30. The van der Waals surface area contributed by atoms with E-state index in [1.54, 1.807) is 43.6 Å². The van der Waals surface area contributed by atoms with Crippen molar-refractivity contribution >= 4 is 21.4 Å². The summed E-state index contributed by atoms with van der Waals surface area (Å²) in [5.74, 6) is 0.673. The number of anilines is 2. The van der Waals surface area contributed by atoms with E-state index in [0.29, 0.717) is 36.5 Å². The fourth-order valence-electron chi connectivity index (χ4n) is 4.35. The smallest absolute Gasteiger partial charge is 0.264 e. The Balaban J connectivity index is 1.73. The van der Waals surface area contributed by atoms with Gasteiger partial charge in [-0.1, -0.05) is 0 Å². The van der Waals surface area contributed by atoms with Gasteiger partial charge in [-0.3, -0.25) is 9.40 Å². The molecule has 1 aliphatic heterocycles. The van der Waals surface area contributed by atoms with E-state index >= 15 is 0 Å². The molecule has 1 atom stereocenters. The highest BCUT2D eigenvalue weighted by Crippen LogP contribution is 2.38. The zero-order chi connectivity index (χ0) is 23.8. The number of hydrogen-bond donors (Lipinski definition) is 2. The van der Waals surface area contributed by atoms with E-state index in [1.165, 1.54) is 4.31 Å². The molecule has 2 N–H and O–H groups in total. The lowest BCUT2D eigenvalue weighted by atomic mass is 9.98. The highest BCUT2D eigenvalue weighted by atomic mass is 32.2. The molecule has 0 amide bonds. The van der Waals surface area contributed by atoms with Gasteiger partial charge in [-0.05, 0) is 69.2 Å². The highest BCUT2D eigenvalue weighted by Gasteiger charge is 2.32. The second kappa shape index (κ2) is 9.07. The molecule has 4 rings (SSSR count). The topological polar surface area (TPSA) is 98.8 Å². The lowest BCUT2D eigenvalue weighted by molar-refractivity contribution is 0.163. The number of hydrogen-bond acceptors (Lipinski definition) is 6. The molecule has 1 unspecified atom stereocenters. The van der Waals surface area contributed by atoms with Crippen LogP contribution in [0.15, 0.2) is 53.7 Å². The summed E-state index contributed by atoms with van der Waals surface area (Å²) in [6.45, 7) is 6.87. The molecular formula is C24H30N4O4S. The predicted octanol–water partition coefficient (Wildman–Crippen LogP) is 3.77. The van der Waals surface area contributed by atoms with Crippen LogP contribution in [0.5, 0.6) is 5.75 Å². The lowest BCUT2D eigenvalue weighted by Crippen LogP contribution is -2.38. The van der Waals surface area contributed by atoms with Gasteiger partial charge in [-0.2, -0.15) is 5.10 Å². The van der Waals surface area contributed by atoms with Crippen molar-refractivity contribution < 1.29 is 18.3 Å². The van der Waals surface area contributed by atoms with E-state index in [9.17, 15) is 13.5 Å². The summed E-state index contributed by atoms with van der Waals surface area (Å²) in [6.07, 6.45) is 3.41. The van der Waals surface area contributed by atoms with Crippen molar-refractivity contribution in [1.82, 2.24) is 10.2 Å². The first kappa shape index (κ1) is 23.1. The monoisotopic (exact) mass is 470 g/mol. The largest absolute Gasteiger partial charge is 0.497 e. The SMILES string of the molecule is COc1ccc(N(C(C)C)S(=O)(=O)c2ccc3c(c2)C(O)CCN3Cc2cn[nH]c2)c(C)c1. The van der Waals surface area contributed by atoms with Crippen molar-refractivity contribution in [2.45, 2.75) is 50.8 Å². The Labute approximate surface area is 194 Å². The van der Waals surface area contributed by atoms with Crippen LogP contribution in [0.2, 0.25) is 0 Å². The van der Waals surface area contributed by atoms with Crippen LogP contribution in [0.25, 0.3) is 0 Å². The van der Waals surface area contributed by atoms with Gasteiger partial charge in [0.1, 0.15) is 5.75 Å². The van der Waals surface area contributed by atoms with Crippen LogP contribution in [-0.4, -0.2) is 43.4 Å². The number of rotatable bonds is 7. The molecule has 0 fully saturated rings. The van der Waals surface area contributed by atoms with Gasteiger partial charge in [0.25, 0.3) is 10.0 Å². The van der Waals surface area contributed by atoms with Crippen molar-refractivity contribution in [2.24, 2.45) is 0 Å². The van der Waals surface area contributed by atoms with Crippen LogP contribution in [0, 0.1) is 6.92 Å². The molecule has 8 nitrogen and oxygen atoms in total. The number of benzene rings is 2. The molecule has 0 bridgehead atoms. The van der Waals surface area contributed by atoms with Gasteiger partial charge in [0.15, 0.2) is 0 Å². The highest BCUT2D eigenvalue weighted by molar-refractivity contribution is 7.92. The van der Waals surface area contributed by atoms with E-state index in [-0.39, 0.29) is 10.9 Å². The van der Waals surface area contributed by atoms with Crippen LogP contribution in [0.4, 0.5) is 11.4 Å². The van der Waals surface area contributed by atoms with Crippen LogP contribution in [-0.2, 0) is 16.6 Å². The summed E-state index contributed by atoms with van der Waals surface area (Å²) in [5, 5.41) is 17.5.